The molecule has 1 N–H and O–H groups in total. The average Bonchev–Trinajstić information content (AvgIpc) is 3.33. The molecule has 1 unspecified atom stereocenters. The second-order valence-corrected chi connectivity index (χ2v) is 13.1. The third kappa shape index (κ3) is 5.84. The molecule has 0 fully saturated rings. The van der Waals surface area contributed by atoms with E-state index in [9.17, 15) is 17.4 Å². The first-order valence-electron chi connectivity index (χ1n) is 13.0. The fourth-order valence-corrected chi connectivity index (χ4v) is 8.38. The Bertz CT molecular complexity index is 1810. The lowest BCUT2D eigenvalue weighted by Crippen LogP contribution is -2.21. The number of aromatic nitrogens is 3. The standard InChI is InChI=1S/C29H33N3O8S2/c1-16(2)22-11-21(40-14-26(33)34)10-17(3)28(22)42(36,37)32-25-12-20(38-6)8-9-23(25)31-29(32)41(35)15-24-19(5)27(39-7)18(4)13-30-24/h8-13,16H,14-15H2,1-7H3,(H,33,34). The molecule has 2 heterocycles. The fraction of sp³-hybridized carbons (Fsp3) is 0.345. The number of hydrogen-bond acceptors (Lipinski definition) is 9. The maximum atomic E-state index is 14.6. The molecule has 2 aromatic heterocycles. The van der Waals surface area contributed by atoms with Gasteiger partial charge in [0.15, 0.2) is 6.61 Å². The number of aryl methyl sites for hydroxylation is 2. The zero-order chi connectivity index (χ0) is 30.9. The summed E-state index contributed by atoms with van der Waals surface area (Å²) >= 11 is 0. The molecule has 0 aliphatic rings. The van der Waals surface area contributed by atoms with Crippen molar-refractivity contribution >= 4 is 37.8 Å². The van der Waals surface area contributed by atoms with E-state index in [1.807, 2.05) is 27.7 Å². The van der Waals surface area contributed by atoms with Gasteiger partial charge >= 0.3 is 5.97 Å². The summed E-state index contributed by atoms with van der Waals surface area (Å²) in [4.78, 5) is 20.0. The van der Waals surface area contributed by atoms with Crippen LogP contribution in [0.2, 0.25) is 0 Å². The van der Waals surface area contributed by atoms with E-state index in [1.165, 1.54) is 25.3 Å². The quantitative estimate of drug-likeness (QED) is 0.256. The van der Waals surface area contributed by atoms with Crippen LogP contribution in [0.3, 0.4) is 0 Å². The first-order valence-corrected chi connectivity index (χ1v) is 15.7. The third-order valence-electron chi connectivity index (χ3n) is 6.77. The minimum atomic E-state index is -4.41. The van der Waals surface area contributed by atoms with Crippen molar-refractivity contribution in [2.45, 2.75) is 56.3 Å². The van der Waals surface area contributed by atoms with Crippen LogP contribution in [0.4, 0.5) is 0 Å². The first kappa shape index (κ1) is 31.0. The summed E-state index contributed by atoms with van der Waals surface area (Å²) in [7, 11) is -3.35. The number of rotatable bonds is 11. The van der Waals surface area contributed by atoms with Crippen LogP contribution in [0.25, 0.3) is 11.0 Å². The molecule has 4 aromatic rings. The molecule has 224 valence electrons. The predicted molar refractivity (Wildman–Crippen MR) is 158 cm³/mol. The van der Waals surface area contributed by atoms with Crippen LogP contribution in [0.5, 0.6) is 17.2 Å². The van der Waals surface area contributed by atoms with E-state index < -0.39 is 33.4 Å². The summed E-state index contributed by atoms with van der Waals surface area (Å²) in [6.07, 6.45) is 1.62. The van der Waals surface area contributed by atoms with Crippen molar-refractivity contribution in [1.82, 2.24) is 13.9 Å². The van der Waals surface area contributed by atoms with E-state index in [0.29, 0.717) is 39.4 Å². The normalized spacial score (nSPS) is 12.5. The molecule has 0 spiro atoms. The lowest BCUT2D eigenvalue weighted by Gasteiger charge is -2.20. The maximum absolute atomic E-state index is 14.6. The molecule has 42 heavy (non-hydrogen) atoms. The highest BCUT2D eigenvalue weighted by atomic mass is 32.2. The van der Waals surface area contributed by atoms with Crippen molar-refractivity contribution < 1.29 is 36.7 Å². The number of carboxylic acids is 1. The van der Waals surface area contributed by atoms with Crippen molar-refractivity contribution in [3.05, 3.63) is 64.5 Å². The number of ether oxygens (including phenoxy) is 3. The Balaban J connectivity index is 1.95. The monoisotopic (exact) mass is 615 g/mol. The molecule has 4 rings (SSSR count). The molecular formula is C29H33N3O8S2. The molecule has 11 nitrogen and oxygen atoms in total. The summed E-state index contributed by atoms with van der Waals surface area (Å²) < 4.78 is 60.4. The van der Waals surface area contributed by atoms with Gasteiger partial charge in [-0.3, -0.25) is 9.19 Å². The molecule has 0 amide bonds. The lowest BCUT2D eigenvalue weighted by molar-refractivity contribution is -0.139. The van der Waals surface area contributed by atoms with Crippen molar-refractivity contribution in [2.75, 3.05) is 20.8 Å². The van der Waals surface area contributed by atoms with Crippen LogP contribution in [-0.2, 0) is 31.4 Å². The molecular weight excluding hydrogens is 582 g/mol. The Morgan fingerprint density at radius 1 is 1.05 bits per heavy atom. The number of carboxylic acid groups (broad SMARTS) is 1. The van der Waals surface area contributed by atoms with Gasteiger partial charge in [0.1, 0.15) is 17.2 Å². The van der Waals surface area contributed by atoms with Crippen LogP contribution in [-0.4, -0.2) is 58.5 Å². The topological polar surface area (TPSA) is 147 Å². The molecule has 0 aliphatic carbocycles. The van der Waals surface area contributed by atoms with Crippen LogP contribution >= 0.6 is 0 Å². The zero-order valence-electron chi connectivity index (χ0n) is 24.4. The number of pyridine rings is 1. The van der Waals surface area contributed by atoms with Crippen molar-refractivity contribution in [3.63, 3.8) is 0 Å². The summed E-state index contributed by atoms with van der Waals surface area (Å²) in [5.41, 5.74) is 3.28. The Hall–Kier alpha value is -3.97. The highest BCUT2D eigenvalue weighted by Crippen LogP contribution is 2.36. The Morgan fingerprint density at radius 3 is 2.38 bits per heavy atom. The third-order valence-corrected chi connectivity index (χ3v) is 10.0. The Kier molecular flexibility index (Phi) is 8.92. The largest absolute Gasteiger partial charge is 0.497 e. The number of benzene rings is 2. The van der Waals surface area contributed by atoms with E-state index >= 15 is 0 Å². The fourth-order valence-electron chi connectivity index (χ4n) is 4.79. The van der Waals surface area contributed by atoms with Crippen molar-refractivity contribution in [3.8, 4) is 17.2 Å². The number of fused-ring (bicyclic) bond motifs is 1. The number of methoxy groups -OCH3 is 2. The number of nitrogens with zero attached hydrogens (tertiary/aromatic N) is 3. The van der Waals surface area contributed by atoms with Gasteiger partial charge in [0.2, 0.25) is 5.16 Å². The van der Waals surface area contributed by atoms with E-state index in [1.54, 1.807) is 32.4 Å². The summed E-state index contributed by atoms with van der Waals surface area (Å²) in [6, 6.07) is 7.79. The summed E-state index contributed by atoms with van der Waals surface area (Å²) in [5, 5.41) is 8.87. The lowest BCUT2D eigenvalue weighted by atomic mass is 10.0. The number of imidazole rings is 1. The van der Waals surface area contributed by atoms with Gasteiger partial charge in [0, 0.05) is 23.4 Å². The van der Waals surface area contributed by atoms with Crippen LogP contribution in [0, 0.1) is 20.8 Å². The Morgan fingerprint density at radius 2 is 1.76 bits per heavy atom. The van der Waals surface area contributed by atoms with E-state index in [2.05, 4.69) is 9.97 Å². The summed E-state index contributed by atoms with van der Waals surface area (Å²) in [6.45, 7) is 8.34. The second-order valence-electron chi connectivity index (χ2n) is 10.1. The van der Waals surface area contributed by atoms with Gasteiger partial charge in [-0.25, -0.2) is 22.2 Å². The minimum Gasteiger partial charge on any atom is -0.497 e. The highest BCUT2D eigenvalue weighted by molar-refractivity contribution is 7.91. The van der Waals surface area contributed by atoms with Gasteiger partial charge < -0.3 is 19.3 Å². The van der Waals surface area contributed by atoms with Gasteiger partial charge in [0.25, 0.3) is 10.0 Å². The van der Waals surface area contributed by atoms with Gasteiger partial charge in [-0.05, 0) is 62.1 Å². The number of hydrogen-bond donors (Lipinski definition) is 1. The SMILES string of the molecule is COc1ccc2nc(S(=O)Cc3ncc(C)c(OC)c3C)n(S(=O)(=O)c3c(C)cc(OCC(=O)O)cc3C(C)C)c2c1. The van der Waals surface area contributed by atoms with Gasteiger partial charge in [0.05, 0.1) is 52.4 Å². The van der Waals surface area contributed by atoms with E-state index in [4.69, 9.17) is 19.3 Å². The molecule has 0 bridgehead atoms. The van der Waals surface area contributed by atoms with Crippen molar-refractivity contribution in [2.24, 2.45) is 0 Å². The van der Waals surface area contributed by atoms with E-state index in [-0.39, 0.29) is 33.0 Å². The van der Waals surface area contributed by atoms with Gasteiger partial charge in [-0.15, -0.1) is 0 Å². The molecule has 1 atom stereocenters. The molecule has 0 radical (unpaired) electrons. The zero-order valence-corrected chi connectivity index (χ0v) is 26.1. The molecule has 0 saturated heterocycles. The maximum Gasteiger partial charge on any atom is 0.341 e. The van der Waals surface area contributed by atoms with E-state index in [0.717, 1.165) is 9.54 Å². The average molecular weight is 616 g/mol. The minimum absolute atomic E-state index is 0.00754. The highest BCUT2D eigenvalue weighted by Gasteiger charge is 2.32. The summed E-state index contributed by atoms with van der Waals surface area (Å²) in [5.74, 6) is -0.297. The first-order chi connectivity index (χ1) is 19.8. The molecule has 0 aliphatic heterocycles. The molecule has 0 saturated carbocycles. The molecule has 13 heteroatoms. The van der Waals surface area contributed by atoms with Crippen LogP contribution in [0.15, 0.2) is 46.6 Å². The number of aliphatic carboxylic acids is 1. The van der Waals surface area contributed by atoms with Crippen LogP contribution in [0.1, 0.15) is 47.7 Å². The predicted octanol–water partition coefficient (Wildman–Crippen LogP) is 4.51. The van der Waals surface area contributed by atoms with Gasteiger partial charge in [-0.2, -0.15) is 0 Å². The van der Waals surface area contributed by atoms with Gasteiger partial charge in [-0.1, -0.05) is 13.8 Å². The smallest absolute Gasteiger partial charge is 0.341 e. The van der Waals surface area contributed by atoms with Crippen LogP contribution < -0.4 is 14.2 Å². The number of carbonyl (C=O) groups is 1. The second kappa shape index (κ2) is 12.1. The van der Waals surface area contributed by atoms with Crippen molar-refractivity contribution in [1.29, 1.82) is 0 Å². The molecule has 2 aromatic carbocycles. The Labute approximate surface area is 247 Å².